The fraction of sp³-hybridized carbons (Fsp3) is 0.750. The summed E-state index contributed by atoms with van der Waals surface area (Å²) in [4.78, 5) is 10.9. The molecule has 2 nitrogen and oxygen atoms in total. The van der Waals surface area contributed by atoms with Gasteiger partial charge in [0.15, 0.2) is 0 Å². The second-order valence-corrected chi connectivity index (χ2v) is 4.29. The van der Waals surface area contributed by atoms with E-state index in [-0.39, 0.29) is 12.1 Å². The number of allylic oxidation sites excluding steroid dienone is 2. The van der Waals surface area contributed by atoms with Gasteiger partial charge in [0.1, 0.15) is 6.10 Å². The molecule has 0 amide bonds. The molecule has 2 unspecified atom stereocenters. The van der Waals surface area contributed by atoms with E-state index in [1.807, 2.05) is 0 Å². The lowest BCUT2D eigenvalue weighted by atomic mass is 9.90. The monoisotopic (exact) mass is 196 g/mol. The Balaban J connectivity index is 2.54. The third-order valence-electron chi connectivity index (χ3n) is 2.89. The first-order valence-corrected chi connectivity index (χ1v) is 5.42. The van der Waals surface area contributed by atoms with Crippen LogP contribution in [0.4, 0.5) is 0 Å². The van der Waals surface area contributed by atoms with E-state index in [0.29, 0.717) is 5.92 Å². The normalized spacial score (nSPS) is 32.4. The molecule has 0 aliphatic heterocycles. The number of ether oxygens (including phenoxy) is 1. The predicted octanol–water partition coefficient (Wildman–Crippen LogP) is 3.07. The van der Waals surface area contributed by atoms with E-state index < -0.39 is 0 Å². The first kappa shape index (κ1) is 11.3. The van der Waals surface area contributed by atoms with E-state index in [1.54, 1.807) is 0 Å². The zero-order valence-corrected chi connectivity index (χ0v) is 9.38. The molecule has 0 bridgehead atoms. The summed E-state index contributed by atoms with van der Waals surface area (Å²) in [5.74, 6) is 0.339. The van der Waals surface area contributed by atoms with Gasteiger partial charge >= 0.3 is 5.97 Å². The third kappa shape index (κ3) is 3.52. The second kappa shape index (κ2) is 5.18. The standard InChI is InChI=1S/C12H20O2/c1-9-5-4-6-12(14-11(3)13)10(2)8-7-9/h5,10,12H,4,6-8H2,1-3H3/b9-5-. The van der Waals surface area contributed by atoms with Crippen molar-refractivity contribution in [1.29, 1.82) is 0 Å². The van der Waals surface area contributed by atoms with Crippen LogP contribution in [0.5, 0.6) is 0 Å². The summed E-state index contributed by atoms with van der Waals surface area (Å²) in [6, 6.07) is 0. The molecule has 1 aliphatic carbocycles. The van der Waals surface area contributed by atoms with Crippen molar-refractivity contribution in [2.75, 3.05) is 0 Å². The van der Waals surface area contributed by atoms with Gasteiger partial charge in [-0.3, -0.25) is 4.79 Å². The molecule has 0 fully saturated rings. The summed E-state index contributed by atoms with van der Waals surface area (Å²) >= 11 is 0. The zero-order chi connectivity index (χ0) is 10.6. The van der Waals surface area contributed by atoms with Crippen LogP contribution in [0, 0.1) is 5.92 Å². The van der Waals surface area contributed by atoms with Crippen molar-refractivity contribution in [3.63, 3.8) is 0 Å². The summed E-state index contributed by atoms with van der Waals surface area (Å²) in [6.07, 6.45) is 6.66. The Labute approximate surface area is 86.3 Å². The summed E-state index contributed by atoms with van der Waals surface area (Å²) in [7, 11) is 0. The molecule has 0 aromatic rings. The number of esters is 1. The lowest BCUT2D eigenvalue weighted by Gasteiger charge is -2.25. The molecule has 0 spiro atoms. The molecule has 0 saturated carbocycles. The van der Waals surface area contributed by atoms with E-state index in [4.69, 9.17) is 4.74 Å². The van der Waals surface area contributed by atoms with E-state index in [0.717, 1.165) is 25.7 Å². The highest BCUT2D eigenvalue weighted by Gasteiger charge is 2.20. The number of hydrogen-bond acceptors (Lipinski definition) is 2. The Morgan fingerprint density at radius 3 is 2.86 bits per heavy atom. The highest BCUT2D eigenvalue weighted by Crippen LogP contribution is 2.24. The van der Waals surface area contributed by atoms with Crippen molar-refractivity contribution in [2.24, 2.45) is 5.92 Å². The van der Waals surface area contributed by atoms with Crippen molar-refractivity contribution in [3.05, 3.63) is 11.6 Å². The van der Waals surface area contributed by atoms with Crippen molar-refractivity contribution in [3.8, 4) is 0 Å². The molecular weight excluding hydrogens is 176 g/mol. The van der Waals surface area contributed by atoms with Gasteiger partial charge in [0, 0.05) is 6.92 Å². The molecule has 2 atom stereocenters. The van der Waals surface area contributed by atoms with Crippen LogP contribution in [0.2, 0.25) is 0 Å². The number of hydrogen-bond donors (Lipinski definition) is 0. The zero-order valence-electron chi connectivity index (χ0n) is 9.38. The van der Waals surface area contributed by atoms with E-state index >= 15 is 0 Å². The SMILES string of the molecule is CC(=O)OC1CC/C=C(/C)CCC1C. The number of carbonyl (C=O) groups is 1. The van der Waals surface area contributed by atoms with Gasteiger partial charge in [-0.25, -0.2) is 0 Å². The highest BCUT2D eigenvalue weighted by atomic mass is 16.5. The molecule has 1 aliphatic rings. The topological polar surface area (TPSA) is 26.3 Å². The Kier molecular flexibility index (Phi) is 4.18. The molecular formula is C12H20O2. The quantitative estimate of drug-likeness (QED) is 0.476. The van der Waals surface area contributed by atoms with E-state index in [2.05, 4.69) is 19.9 Å². The smallest absolute Gasteiger partial charge is 0.302 e. The molecule has 0 heterocycles. The Bertz CT molecular complexity index is 230. The van der Waals surface area contributed by atoms with Crippen molar-refractivity contribution >= 4 is 5.97 Å². The minimum Gasteiger partial charge on any atom is -0.462 e. The molecule has 0 saturated heterocycles. The van der Waals surface area contributed by atoms with Crippen LogP contribution in [0.3, 0.4) is 0 Å². The number of rotatable bonds is 1. The van der Waals surface area contributed by atoms with Gasteiger partial charge in [-0.2, -0.15) is 0 Å². The van der Waals surface area contributed by atoms with E-state index in [1.165, 1.54) is 12.5 Å². The maximum atomic E-state index is 10.9. The minimum absolute atomic E-state index is 0.122. The molecule has 0 aromatic heterocycles. The largest absolute Gasteiger partial charge is 0.462 e. The first-order valence-electron chi connectivity index (χ1n) is 5.42. The highest BCUT2D eigenvalue weighted by molar-refractivity contribution is 5.66. The van der Waals surface area contributed by atoms with Gasteiger partial charge in [-0.05, 0) is 38.5 Å². The Hall–Kier alpha value is -0.790. The van der Waals surface area contributed by atoms with Gasteiger partial charge in [0.05, 0.1) is 0 Å². The molecule has 14 heavy (non-hydrogen) atoms. The van der Waals surface area contributed by atoms with Crippen LogP contribution in [-0.4, -0.2) is 12.1 Å². The van der Waals surface area contributed by atoms with Crippen LogP contribution in [0.25, 0.3) is 0 Å². The van der Waals surface area contributed by atoms with E-state index in [9.17, 15) is 4.79 Å². The minimum atomic E-state index is -0.150. The van der Waals surface area contributed by atoms with Crippen molar-refractivity contribution in [1.82, 2.24) is 0 Å². The van der Waals surface area contributed by atoms with Crippen LogP contribution >= 0.6 is 0 Å². The van der Waals surface area contributed by atoms with Gasteiger partial charge in [0.25, 0.3) is 0 Å². The fourth-order valence-corrected chi connectivity index (χ4v) is 1.91. The van der Waals surface area contributed by atoms with Gasteiger partial charge in [0.2, 0.25) is 0 Å². The lowest BCUT2D eigenvalue weighted by molar-refractivity contribution is -0.149. The average Bonchev–Trinajstić information content (AvgIpc) is 2.10. The van der Waals surface area contributed by atoms with Crippen LogP contribution in [0.15, 0.2) is 11.6 Å². The summed E-state index contributed by atoms with van der Waals surface area (Å²) < 4.78 is 5.31. The molecule has 0 N–H and O–H groups in total. The van der Waals surface area contributed by atoms with Crippen LogP contribution < -0.4 is 0 Å². The second-order valence-electron chi connectivity index (χ2n) is 4.29. The predicted molar refractivity (Wildman–Crippen MR) is 56.9 cm³/mol. The Morgan fingerprint density at radius 1 is 1.50 bits per heavy atom. The summed E-state index contributed by atoms with van der Waals surface area (Å²) in [6.45, 7) is 5.84. The average molecular weight is 196 g/mol. The van der Waals surface area contributed by atoms with Gasteiger partial charge in [-0.1, -0.05) is 18.6 Å². The molecule has 0 aromatic carbocycles. The molecule has 1 rings (SSSR count). The third-order valence-corrected chi connectivity index (χ3v) is 2.89. The van der Waals surface area contributed by atoms with Crippen LogP contribution in [-0.2, 0) is 9.53 Å². The maximum absolute atomic E-state index is 10.9. The maximum Gasteiger partial charge on any atom is 0.302 e. The first-order chi connectivity index (χ1) is 6.59. The lowest BCUT2D eigenvalue weighted by Crippen LogP contribution is -2.25. The summed E-state index contributed by atoms with van der Waals surface area (Å²) in [5, 5.41) is 0. The number of carbonyl (C=O) groups excluding carboxylic acids is 1. The van der Waals surface area contributed by atoms with Crippen LogP contribution in [0.1, 0.15) is 46.5 Å². The van der Waals surface area contributed by atoms with Crippen molar-refractivity contribution in [2.45, 2.75) is 52.6 Å². The van der Waals surface area contributed by atoms with Gasteiger partial charge in [-0.15, -0.1) is 0 Å². The molecule has 0 radical (unpaired) electrons. The molecule has 2 heteroatoms. The Morgan fingerprint density at radius 2 is 2.21 bits per heavy atom. The summed E-state index contributed by atoms with van der Waals surface area (Å²) in [5.41, 5.74) is 1.47. The fourth-order valence-electron chi connectivity index (χ4n) is 1.91. The van der Waals surface area contributed by atoms with Gasteiger partial charge < -0.3 is 4.74 Å². The molecule has 80 valence electrons. The van der Waals surface area contributed by atoms with Crippen molar-refractivity contribution < 1.29 is 9.53 Å².